The van der Waals surface area contributed by atoms with Crippen molar-refractivity contribution in [3.05, 3.63) is 12.2 Å². The fourth-order valence-electron chi connectivity index (χ4n) is 1.08. The average molecular weight is 184 g/mol. The quantitative estimate of drug-likeness (QED) is 0.313. The summed E-state index contributed by atoms with van der Waals surface area (Å²) in [6, 6.07) is 0. The second-order valence-corrected chi connectivity index (χ2v) is 3.08. The van der Waals surface area contributed by atoms with E-state index < -0.39 is 0 Å². The molecule has 0 amide bonds. The Kier molecular flexibility index (Phi) is 10.5. The molecule has 0 N–H and O–H groups in total. The summed E-state index contributed by atoms with van der Waals surface area (Å²) in [7, 11) is 0. The monoisotopic (exact) mass is 184 g/mol. The zero-order valence-corrected chi connectivity index (χ0v) is 8.50. The van der Waals surface area contributed by atoms with Gasteiger partial charge in [0, 0.05) is 0 Å². The van der Waals surface area contributed by atoms with Gasteiger partial charge in [0.2, 0.25) is 0 Å². The molecule has 0 aromatic carbocycles. The van der Waals surface area contributed by atoms with Gasteiger partial charge in [-0.15, -0.1) is 0 Å². The van der Waals surface area contributed by atoms with E-state index in [0.717, 1.165) is 12.8 Å². The Morgan fingerprint density at radius 3 is 2.38 bits per heavy atom. The van der Waals surface area contributed by atoms with Crippen LogP contribution in [0.2, 0.25) is 0 Å². The number of hydrogen-bond acceptors (Lipinski definition) is 2. The summed E-state index contributed by atoms with van der Waals surface area (Å²) in [6.07, 6.45) is 11.4. The van der Waals surface area contributed by atoms with Crippen molar-refractivity contribution < 1.29 is 9.53 Å². The van der Waals surface area contributed by atoms with Crippen LogP contribution in [-0.2, 0) is 9.53 Å². The Bertz CT molecular complexity index is 130. The summed E-state index contributed by atoms with van der Waals surface area (Å²) in [5, 5.41) is 0. The fourth-order valence-corrected chi connectivity index (χ4v) is 1.08. The predicted octanol–water partition coefficient (Wildman–Crippen LogP) is 3.08. The van der Waals surface area contributed by atoms with Crippen LogP contribution in [0.1, 0.15) is 45.4 Å². The molecule has 0 atom stereocenters. The molecule has 2 heteroatoms. The summed E-state index contributed by atoms with van der Waals surface area (Å²) in [4.78, 5) is 9.77. The topological polar surface area (TPSA) is 26.3 Å². The van der Waals surface area contributed by atoms with Gasteiger partial charge in [-0.1, -0.05) is 31.9 Å². The number of ether oxygens (including phenoxy) is 1. The van der Waals surface area contributed by atoms with Crippen molar-refractivity contribution in [2.24, 2.45) is 0 Å². The first-order valence-corrected chi connectivity index (χ1v) is 5.12. The lowest BCUT2D eigenvalue weighted by Gasteiger charge is -1.94. The summed E-state index contributed by atoms with van der Waals surface area (Å²) in [5.41, 5.74) is 0. The molecule has 0 saturated heterocycles. The van der Waals surface area contributed by atoms with Gasteiger partial charge in [0.25, 0.3) is 6.47 Å². The van der Waals surface area contributed by atoms with Crippen LogP contribution in [0, 0.1) is 0 Å². The minimum absolute atomic E-state index is 0.505. The van der Waals surface area contributed by atoms with Gasteiger partial charge in [-0.05, 0) is 25.7 Å². The number of unbranched alkanes of at least 4 members (excludes halogenated alkanes) is 4. The third-order valence-electron chi connectivity index (χ3n) is 1.84. The minimum atomic E-state index is 0.505. The van der Waals surface area contributed by atoms with E-state index in [1.54, 1.807) is 0 Å². The SMILES string of the molecule is CCCCC/C=C\CCCOC=O. The van der Waals surface area contributed by atoms with Gasteiger partial charge in [-0.2, -0.15) is 0 Å². The highest BCUT2D eigenvalue weighted by atomic mass is 16.5. The van der Waals surface area contributed by atoms with Crippen LogP contribution in [0.5, 0.6) is 0 Å². The second kappa shape index (κ2) is 11.2. The molecule has 13 heavy (non-hydrogen) atoms. The highest BCUT2D eigenvalue weighted by Gasteiger charge is 1.84. The number of carbonyl (C=O) groups is 1. The molecule has 0 aromatic heterocycles. The number of allylic oxidation sites excluding steroid dienone is 2. The zero-order chi connectivity index (χ0) is 9.78. The van der Waals surface area contributed by atoms with Crippen LogP contribution in [0.4, 0.5) is 0 Å². The fraction of sp³-hybridized carbons (Fsp3) is 0.727. The van der Waals surface area contributed by atoms with E-state index in [-0.39, 0.29) is 0 Å². The molecule has 0 rings (SSSR count). The summed E-state index contributed by atoms with van der Waals surface area (Å²) in [5.74, 6) is 0. The zero-order valence-electron chi connectivity index (χ0n) is 8.50. The molecule has 0 heterocycles. The molecule has 76 valence electrons. The predicted molar refractivity (Wildman–Crippen MR) is 54.5 cm³/mol. The van der Waals surface area contributed by atoms with Crippen molar-refractivity contribution in [2.45, 2.75) is 45.4 Å². The standard InChI is InChI=1S/C11H20O2/c1-2-3-4-5-6-7-8-9-10-13-11-12/h6-7,11H,2-5,8-10H2,1H3/b7-6-. The molecule has 0 unspecified atom stereocenters. The second-order valence-electron chi connectivity index (χ2n) is 3.08. The number of rotatable bonds is 9. The van der Waals surface area contributed by atoms with E-state index in [1.165, 1.54) is 25.7 Å². The van der Waals surface area contributed by atoms with Crippen LogP contribution in [-0.4, -0.2) is 13.1 Å². The molecule has 0 aliphatic carbocycles. The summed E-state index contributed by atoms with van der Waals surface area (Å²) < 4.78 is 4.56. The van der Waals surface area contributed by atoms with Crippen molar-refractivity contribution in [1.29, 1.82) is 0 Å². The van der Waals surface area contributed by atoms with Gasteiger partial charge in [-0.3, -0.25) is 4.79 Å². The van der Waals surface area contributed by atoms with Crippen molar-refractivity contribution in [3.63, 3.8) is 0 Å². The van der Waals surface area contributed by atoms with E-state index in [0.29, 0.717) is 13.1 Å². The molecule has 0 bridgehead atoms. The first-order chi connectivity index (χ1) is 6.41. The van der Waals surface area contributed by atoms with Crippen molar-refractivity contribution in [2.75, 3.05) is 6.61 Å². The van der Waals surface area contributed by atoms with Crippen molar-refractivity contribution in [1.82, 2.24) is 0 Å². The number of hydrogen-bond donors (Lipinski definition) is 0. The molecule has 0 aliphatic rings. The smallest absolute Gasteiger partial charge is 0.293 e. The van der Waals surface area contributed by atoms with E-state index in [9.17, 15) is 4.79 Å². The van der Waals surface area contributed by atoms with Gasteiger partial charge in [0.1, 0.15) is 0 Å². The van der Waals surface area contributed by atoms with Crippen molar-refractivity contribution in [3.8, 4) is 0 Å². The Hall–Kier alpha value is -0.790. The molecule has 0 radical (unpaired) electrons. The van der Waals surface area contributed by atoms with Gasteiger partial charge < -0.3 is 4.74 Å². The van der Waals surface area contributed by atoms with Crippen LogP contribution in [0.3, 0.4) is 0 Å². The van der Waals surface area contributed by atoms with Gasteiger partial charge in [-0.25, -0.2) is 0 Å². The van der Waals surface area contributed by atoms with Gasteiger partial charge in [0.05, 0.1) is 6.61 Å². The molecular weight excluding hydrogens is 164 g/mol. The maximum absolute atomic E-state index is 9.77. The lowest BCUT2D eigenvalue weighted by molar-refractivity contribution is -0.128. The highest BCUT2D eigenvalue weighted by molar-refractivity contribution is 5.36. The summed E-state index contributed by atoms with van der Waals surface area (Å²) >= 11 is 0. The largest absolute Gasteiger partial charge is 0.468 e. The van der Waals surface area contributed by atoms with Gasteiger partial charge >= 0.3 is 0 Å². The maximum atomic E-state index is 9.77. The molecule has 0 aromatic rings. The Morgan fingerprint density at radius 1 is 1.08 bits per heavy atom. The van der Waals surface area contributed by atoms with E-state index in [1.807, 2.05) is 0 Å². The van der Waals surface area contributed by atoms with Gasteiger partial charge in [0.15, 0.2) is 0 Å². The molecular formula is C11H20O2. The molecule has 0 aliphatic heterocycles. The highest BCUT2D eigenvalue weighted by Crippen LogP contribution is 2.00. The van der Waals surface area contributed by atoms with Crippen LogP contribution < -0.4 is 0 Å². The molecule has 2 nitrogen and oxygen atoms in total. The average Bonchev–Trinajstić information content (AvgIpc) is 2.16. The molecule has 0 spiro atoms. The summed E-state index contributed by atoms with van der Waals surface area (Å²) in [6.45, 7) is 3.26. The van der Waals surface area contributed by atoms with Crippen LogP contribution in [0.15, 0.2) is 12.2 Å². The normalized spacial score (nSPS) is 10.5. The number of carbonyl (C=O) groups excluding carboxylic acids is 1. The van der Waals surface area contributed by atoms with Crippen LogP contribution in [0.25, 0.3) is 0 Å². The van der Waals surface area contributed by atoms with E-state index in [2.05, 4.69) is 23.8 Å². The maximum Gasteiger partial charge on any atom is 0.293 e. The van der Waals surface area contributed by atoms with E-state index in [4.69, 9.17) is 0 Å². The third-order valence-corrected chi connectivity index (χ3v) is 1.84. The lowest BCUT2D eigenvalue weighted by Crippen LogP contribution is -1.89. The Morgan fingerprint density at radius 2 is 1.77 bits per heavy atom. The molecule has 0 fully saturated rings. The van der Waals surface area contributed by atoms with Crippen LogP contribution >= 0.6 is 0 Å². The van der Waals surface area contributed by atoms with Crippen molar-refractivity contribution >= 4 is 6.47 Å². The van der Waals surface area contributed by atoms with E-state index >= 15 is 0 Å². The Balaban J connectivity index is 2.98. The minimum Gasteiger partial charge on any atom is -0.468 e. The first-order valence-electron chi connectivity index (χ1n) is 5.12. The lowest BCUT2D eigenvalue weighted by atomic mass is 10.2. The third kappa shape index (κ3) is 11.2. The first kappa shape index (κ1) is 12.2. The Labute approximate surface area is 81.0 Å². The molecule has 0 saturated carbocycles.